The number of nitrogens with zero attached hydrogens (tertiary/aromatic N) is 2. The van der Waals surface area contributed by atoms with Crippen LogP contribution in [0, 0.1) is 0 Å². The van der Waals surface area contributed by atoms with Crippen LogP contribution in [0.15, 0.2) is 64.0 Å². The quantitative estimate of drug-likeness (QED) is 0.257. The third kappa shape index (κ3) is 6.70. The number of hydrogen-bond acceptors (Lipinski definition) is 4. The van der Waals surface area contributed by atoms with Crippen molar-refractivity contribution in [1.82, 2.24) is 10.2 Å². The molecule has 172 valence electrons. The summed E-state index contributed by atoms with van der Waals surface area (Å²) in [5.41, 5.74) is 3.30. The van der Waals surface area contributed by atoms with Gasteiger partial charge in [-0.25, -0.2) is 0 Å². The molecule has 0 unspecified atom stereocenters. The first-order valence-electron chi connectivity index (χ1n) is 10.9. The highest BCUT2D eigenvalue weighted by atomic mass is 127. The van der Waals surface area contributed by atoms with E-state index in [4.69, 9.17) is 13.9 Å². The molecule has 1 aliphatic heterocycles. The average Bonchev–Trinajstić information content (AvgIpc) is 3.21. The van der Waals surface area contributed by atoms with Gasteiger partial charge in [-0.1, -0.05) is 42.5 Å². The normalized spacial score (nSPS) is 14.9. The number of halogens is 1. The van der Waals surface area contributed by atoms with Crippen LogP contribution in [0.2, 0.25) is 0 Å². The minimum absolute atomic E-state index is 0. The summed E-state index contributed by atoms with van der Waals surface area (Å²) < 4.78 is 17.4. The number of para-hydroxylation sites is 1. The molecule has 2 aromatic carbocycles. The maximum Gasteiger partial charge on any atom is 0.194 e. The molecule has 3 aromatic rings. The summed E-state index contributed by atoms with van der Waals surface area (Å²) in [4.78, 5) is 6.49. The Balaban J connectivity index is 0.00000289. The molecular weight excluding hydrogens is 517 g/mol. The van der Waals surface area contributed by atoms with Crippen molar-refractivity contribution in [2.24, 2.45) is 4.99 Å². The fourth-order valence-corrected chi connectivity index (χ4v) is 3.88. The topological polar surface area (TPSA) is 59.2 Å². The monoisotopic (exact) mass is 549 g/mol. The Morgan fingerprint density at radius 1 is 1.09 bits per heavy atom. The van der Waals surface area contributed by atoms with E-state index in [9.17, 15) is 0 Å². The summed E-state index contributed by atoms with van der Waals surface area (Å²) in [7, 11) is 3.82. The molecule has 1 aromatic heterocycles. The molecule has 0 atom stereocenters. The van der Waals surface area contributed by atoms with Gasteiger partial charge in [0.15, 0.2) is 5.96 Å². The lowest BCUT2D eigenvalue weighted by Gasteiger charge is -2.22. The molecule has 0 spiro atoms. The molecule has 1 aliphatic rings. The fourth-order valence-electron chi connectivity index (χ4n) is 3.88. The Kier molecular flexibility index (Phi) is 9.37. The number of rotatable bonds is 7. The number of benzene rings is 2. The van der Waals surface area contributed by atoms with E-state index in [-0.39, 0.29) is 24.0 Å². The molecule has 2 heterocycles. The molecule has 1 saturated heterocycles. The van der Waals surface area contributed by atoms with Crippen LogP contribution >= 0.6 is 24.0 Å². The van der Waals surface area contributed by atoms with Gasteiger partial charge in [-0.2, -0.15) is 0 Å². The van der Waals surface area contributed by atoms with E-state index >= 15 is 0 Å². The van der Waals surface area contributed by atoms with Crippen LogP contribution in [-0.2, 0) is 29.2 Å². The predicted octanol–water partition coefficient (Wildman–Crippen LogP) is 4.95. The zero-order valence-electron chi connectivity index (χ0n) is 18.8. The summed E-state index contributed by atoms with van der Waals surface area (Å²) in [6.07, 6.45) is 2.27. The van der Waals surface area contributed by atoms with Crippen molar-refractivity contribution in [3.05, 3.63) is 71.5 Å². The molecule has 4 rings (SSSR count). The molecule has 0 bridgehead atoms. The fraction of sp³-hybridized carbons (Fsp3) is 0.400. The molecule has 0 radical (unpaired) electrons. The van der Waals surface area contributed by atoms with E-state index in [0.717, 1.165) is 48.7 Å². The van der Waals surface area contributed by atoms with Crippen molar-refractivity contribution in [3.63, 3.8) is 0 Å². The highest BCUT2D eigenvalue weighted by molar-refractivity contribution is 14.0. The van der Waals surface area contributed by atoms with Gasteiger partial charge in [0.1, 0.15) is 11.3 Å². The van der Waals surface area contributed by atoms with Crippen molar-refractivity contribution in [1.29, 1.82) is 0 Å². The van der Waals surface area contributed by atoms with Crippen LogP contribution in [0.4, 0.5) is 0 Å². The van der Waals surface area contributed by atoms with Crippen LogP contribution < -0.4 is 5.32 Å². The van der Waals surface area contributed by atoms with E-state index in [0.29, 0.717) is 25.8 Å². The summed E-state index contributed by atoms with van der Waals surface area (Å²) >= 11 is 0. The van der Waals surface area contributed by atoms with Gasteiger partial charge in [-0.05, 0) is 36.1 Å². The number of ether oxygens (including phenoxy) is 2. The third-order valence-electron chi connectivity index (χ3n) is 5.54. The van der Waals surface area contributed by atoms with Gasteiger partial charge in [0.05, 0.1) is 19.3 Å². The molecule has 6 nitrogen and oxygen atoms in total. The molecule has 0 saturated carbocycles. The lowest BCUT2D eigenvalue weighted by molar-refractivity contribution is -0.0390. The minimum atomic E-state index is 0. The zero-order valence-corrected chi connectivity index (χ0v) is 21.1. The van der Waals surface area contributed by atoms with Crippen LogP contribution in [-0.4, -0.2) is 44.3 Å². The van der Waals surface area contributed by atoms with Gasteiger partial charge >= 0.3 is 0 Å². The molecular formula is C25H32IN3O3. The summed E-state index contributed by atoms with van der Waals surface area (Å²) in [6, 6.07) is 18.7. The number of aliphatic imine (C=N–C) groups is 1. The molecule has 32 heavy (non-hydrogen) atoms. The maximum absolute atomic E-state index is 6.06. The first-order chi connectivity index (χ1) is 15.2. The molecule has 7 heteroatoms. The van der Waals surface area contributed by atoms with Gasteiger partial charge in [0, 0.05) is 39.2 Å². The second-order valence-corrected chi connectivity index (χ2v) is 7.95. The summed E-state index contributed by atoms with van der Waals surface area (Å²) in [5, 5.41) is 4.57. The van der Waals surface area contributed by atoms with Gasteiger partial charge in [0.2, 0.25) is 0 Å². The Bertz CT molecular complexity index is 981. The van der Waals surface area contributed by atoms with Crippen LogP contribution in [0.3, 0.4) is 0 Å². The lowest BCUT2D eigenvalue weighted by atomic mass is 10.1. The predicted molar refractivity (Wildman–Crippen MR) is 138 cm³/mol. The standard InChI is InChI=1S/C25H31N3O3.HI/c1-26-25(28(2)17-23-15-21-8-3-4-9-24(21)31-23)27-16-19-6-5-7-20(14-19)18-30-22-10-12-29-13-11-22;/h3-9,14-15,22H,10-13,16-18H2,1-2H3,(H,26,27);1H. The van der Waals surface area contributed by atoms with Crippen molar-refractivity contribution in [2.75, 3.05) is 27.3 Å². The van der Waals surface area contributed by atoms with Crippen molar-refractivity contribution in [2.45, 2.75) is 38.6 Å². The van der Waals surface area contributed by atoms with E-state index in [1.165, 1.54) is 11.1 Å². The summed E-state index contributed by atoms with van der Waals surface area (Å²) in [5.74, 6) is 1.74. The van der Waals surface area contributed by atoms with Crippen molar-refractivity contribution >= 4 is 40.9 Å². The highest BCUT2D eigenvalue weighted by Gasteiger charge is 2.14. The van der Waals surface area contributed by atoms with E-state index in [1.54, 1.807) is 7.05 Å². The molecule has 1 fully saturated rings. The average molecular weight is 549 g/mol. The third-order valence-corrected chi connectivity index (χ3v) is 5.54. The SMILES string of the molecule is CN=C(NCc1cccc(COC2CCOCC2)c1)N(C)Cc1cc2ccccc2o1.I. The van der Waals surface area contributed by atoms with Gasteiger partial charge in [-0.15, -0.1) is 24.0 Å². The van der Waals surface area contributed by atoms with Crippen LogP contribution in [0.1, 0.15) is 29.7 Å². The van der Waals surface area contributed by atoms with E-state index in [1.807, 2.05) is 25.2 Å². The first kappa shape index (κ1) is 24.5. The maximum atomic E-state index is 6.06. The Hall–Kier alpha value is -2.10. The Labute approximate surface area is 207 Å². The number of furan rings is 1. The molecule has 0 aliphatic carbocycles. The zero-order chi connectivity index (χ0) is 21.5. The van der Waals surface area contributed by atoms with Gasteiger partial charge in [-0.3, -0.25) is 4.99 Å². The van der Waals surface area contributed by atoms with Gasteiger partial charge in [0.25, 0.3) is 0 Å². The molecule has 1 N–H and O–H groups in total. The number of hydrogen-bond donors (Lipinski definition) is 1. The second kappa shape index (κ2) is 12.2. The van der Waals surface area contributed by atoms with E-state index in [2.05, 4.69) is 51.6 Å². The second-order valence-electron chi connectivity index (χ2n) is 7.95. The lowest BCUT2D eigenvalue weighted by Crippen LogP contribution is -2.37. The van der Waals surface area contributed by atoms with Crippen molar-refractivity contribution in [3.8, 4) is 0 Å². The van der Waals surface area contributed by atoms with Crippen molar-refractivity contribution < 1.29 is 13.9 Å². The number of fused-ring (bicyclic) bond motifs is 1. The number of nitrogens with one attached hydrogen (secondary N) is 1. The summed E-state index contributed by atoms with van der Waals surface area (Å²) in [6.45, 7) is 3.58. The number of guanidine groups is 1. The highest BCUT2D eigenvalue weighted by Crippen LogP contribution is 2.20. The largest absolute Gasteiger partial charge is 0.459 e. The smallest absolute Gasteiger partial charge is 0.194 e. The Morgan fingerprint density at radius 3 is 2.66 bits per heavy atom. The minimum Gasteiger partial charge on any atom is -0.459 e. The van der Waals surface area contributed by atoms with E-state index < -0.39 is 0 Å². The Morgan fingerprint density at radius 2 is 1.88 bits per heavy atom. The first-order valence-corrected chi connectivity index (χ1v) is 10.9. The van der Waals surface area contributed by atoms with Crippen LogP contribution in [0.25, 0.3) is 11.0 Å². The van der Waals surface area contributed by atoms with Gasteiger partial charge < -0.3 is 24.1 Å². The van der Waals surface area contributed by atoms with Crippen LogP contribution in [0.5, 0.6) is 0 Å². The molecule has 0 amide bonds.